The predicted octanol–water partition coefficient (Wildman–Crippen LogP) is 3.24. The lowest BCUT2D eigenvalue weighted by Gasteiger charge is -2.44. The van der Waals surface area contributed by atoms with Gasteiger partial charge < -0.3 is 9.47 Å². The summed E-state index contributed by atoms with van der Waals surface area (Å²) in [5.74, 6) is 1.50. The molecule has 0 amide bonds. The van der Waals surface area contributed by atoms with Gasteiger partial charge in [-0.25, -0.2) is 8.42 Å². The van der Waals surface area contributed by atoms with Gasteiger partial charge in [0.25, 0.3) is 0 Å². The van der Waals surface area contributed by atoms with E-state index in [1.165, 1.54) is 12.7 Å². The van der Waals surface area contributed by atoms with Crippen molar-refractivity contribution in [3.63, 3.8) is 0 Å². The Labute approximate surface area is 154 Å². The highest BCUT2D eigenvalue weighted by Crippen LogP contribution is 2.40. The summed E-state index contributed by atoms with van der Waals surface area (Å²) in [5.41, 5.74) is 0.999. The molecule has 1 spiro atoms. The van der Waals surface area contributed by atoms with Crippen LogP contribution in [0, 0.1) is 0 Å². The molecule has 138 valence electrons. The molecule has 0 N–H and O–H groups in total. The van der Waals surface area contributed by atoms with E-state index in [1.54, 1.807) is 28.6 Å². The van der Waals surface area contributed by atoms with E-state index < -0.39 is 10.0 Å². The van der Waals surface area contributed by atoms with E-state index in [0.29, 0.717) is 31.7 Å². The average Bonchev–Trinajstić information content (AvgIpc) is 2.68. The minimum atomic E-state index is -3.51. The van der Waals surface area contributed by atoms with Crippen molar-refractivity contribution in [2.24, 2.45) is 0 Å². The highest BCUT2D eigenvalue weighted by molar-refractivity contribution is 7.89. The van der Waals surface area contributed by atoms with Crippen molar-refractivity contribution in [3.8, 4) is 11.5 Å². The normalized spacial score (nSPS) is 19.6. The first-order valence-electron chi connectivity index (χ1n) is 8.94. The number of piperidine rings is 1. The molecule has 0 saturated carbocycles. The summed E-state index contributed by atoms with van der Waals surface area (Å²) in [7, 11) is -1.98. The van der Waals surface area contributed by atoms with Crippen molar-refractivity contribution in [3.05, 3.63) is 54.1 Å². The lowest BCUT2D eigenvalue weighted by Crippen LogP contribution is -2.51. The van der Waals surface area contributed by atoms with E-state index in [0.717, 1.165) is 18.6 Å². The second-order valence-electron chi connectivity index (χ2n) is 6.98. The standard InChI is InChI=1S/C20H23NO4S/c1-24-17-6-4-7-18(15-17)26(22,23)21-13-11-20(12-14-21)10-9-16-5-2-3-8-19(16)25-20/h2-8,15H,9-14H2,1H3. The molecule has 6 heteroatoms. The van der Waals surface area contributed by atoms with E-state index in [1.807, 2.05) is 18.2 Å². The fraction of sp³-hybridized carbons (Fsp3) is 0.400. The van der Waals surface area contributed by atoms with Crippen molar-refractivity contribution < 1.29 is 17.9 Å². The fourth-order valence-corrected chi connectivity index (χ4v) is 5.33. The Morgan fingerprint density at radius 3 is 2.58 bits per heavy atom. The largest absolute Gasteiger partial charge is 0.497 e. The molecule has 0 aromatic heterocycles. The predicted molar refractivity (Wildman–Crippen MR) is 99.1 cm³/mol. The van der Waals surface area contributed by atoms with E-state index in [2.05, 4.69) is 6.07 Å². The Kier molecular flexibility index (Phi) is 4.40. The Morgan fingerprint density at radius 2 is 1.81 bits per heavy atom. The number of ether oxygens (including phenoxy) is 2. The van der Waals surface area contributed by atoms with Crippen LogP contribution in [0.1, 0.15) is 24.8 Å². The number of hydrogen-bond donors (Lipinski definition) is 0. The first-order chi connectivity index (χ1) is 12.5. The van der Waals surface area contributed by atoms with Gasteiger partial charge >= 0.3 is 0 Å². The van der Waals surface area contributed by atoms with Crippen LogP contribution >= 0.6 is 0 Å². The summed E-state index contributed by atoms with van der Waals surface area (Å²) in [5, 5.41) is 0. The molecule has 2 aromatic carbocycles. The molecule has 0 aliphatic carbocycles. The topological polar surface area (TPSA) is 55.8 Å². The minimum Gasteiger partial charge on any atom is -0.497 e. The highest BCUT2D eigenvalue weighted by atomic mass is 32.2. The molecule has 0 bridgehead atoms. The third kappa shape index (κ3) is 3.08. The molecule has 1 fully saturated rings. The molecule has 2 aliphatic rings. The first kappa shape index (κ1) is 17.4. The molecule has 2 heterocycles. The zero-order chi connectivity index (χ0) is 18.2. The first-order valence-corrected chi connectivity index (χ1v) is 10.4. The van der Waals surface area contributed by atoms with Crippen molar-refractivity contribution in [2.75, 3.05) is 20.2 Å². The fourth-order valence-electron chi connectivity index (χ4n) is 3.85. The summed E-state index contributed by atoms with van der Waals surface area (Å²) in [6.07, 6.45) is 3.35. The molecule has 2 aromatic rings. The maximum Gasteiger partial charge on any atom is 0.243 e. The highest BCUT2D eigenvalue weighted by Gasteiger charge is 2.42. The number of methoxy groups -OCH3 is 1. The number of para-hydroxylation sites is 1. The molecule has 4 rings (SSSR count). The molecular weight excluding hydrogens is 350 g/mol. The maximum atomic E-state index is 13.0. The molecule has 0 radical (unpaired) electrons. The van der Waals surface area contributed by atoms with Gasteiger partial charge in [0, 0.05) is 32.0 Å². The third-order valence-electron chi connectivity index (χ3n) is 5.46. The second-order valence-corrected chi connectivity index (χ2v) is 8.91. The molecule has 26 heavy (non-hydrogen) atoms. The van der Waals surface area contributed by atoms with Gasteiger partial charge in [-0.05, 0) is 36.6 Å². The van der Waals surface area contributed by atoms with Crippen LogP contribution in [-0.2, 0) is 16.4 Å². The molecular formula is C20H23NO4S. The van der Waals surface area contributed by atoms with Crippen molar-refractivity contribution in [2.45, 2.75) is 36.2 Å². The van der Waals surface area contributed by atoms with Gasteiger partial charge in [-0.15, -0.1) is 0 Å². The summed E-state index contributed by atoms with van der Waals surface area (Å²) < 4.78 is 39.0. The number of aryl methyl sites for hydroxylation is 1. The third-order valence-corrected chi connectivity index (χ3v) is 7.36. The summed E-state index contributed by atoms with van der Waals surface area (Å²) in [6, 6.07) is 14.8. The van der Waals surface area contributed by atoms with E-state index in [-0.39, 0.29) is 10.5 Å². The van der Waals surface area contributed by atoms with Crippen LogP contribution < -0.4 is 9.47 Å². The Balaban J connectivity index is 1.50. The van der Waals surface area contributed by atoms with Crippen LogP contribution in [0.2, 0.25) is 0 Å². The lowest BCUT2D eigenvalue weighted by atomic mass is 9.84. The van der Waals surface area contributed by atoms with Gasteiger partial charge in [-0.1, -0.05) is 24.3 Å². The Morgan fingerprint density at radius 1 is 1.04 bits per heavy atom. The molecule has 1 saturated heterocycles. The van der Waals surface area contributed by atoms with Gasteiger partial charge in [0.05, 0.1) is 12.0 Å². The van der Waals surface area contributed by atoms with Gasteiger partial charge in [-0.3, -0.25) is 0 Å². The SMILES string of the molecule is COc1cccc(S(=O)(=O)N2CCC3(CCc4ccccc4O3)CC2)c1. The van der Waals surface area contributed by atoms with Gasteiger partial charge in [-0.2, -0.15) is 4.31 Å². The van der Waals surface area contributed by atoms with Crippen molar-refractivity contribution in [1.29, 1.82) is 0 Å². The van der Waals surface area contributed by atoms with Crippen LogP contribution in [0.4, 0.5) is 0 Å². The molecule has 5 nitrogen and oxygen atoms in total. The van der Waals surface area contributed by atoms with E-state index >= 15 is 0 Å². The number of benzene rings is 2. The van der Waals surface area contributed by atoms with Crippen LogP contribution in [0.3, 0.4) is 0 Å². The number of rotatable bonds is 3. The quantitative estimate of drug-likeness (QED) is 0.829. The van der Waals surface area contributed by atoms with Gasteiger partial charge in [0.2, 0.25) is 10.0 Å². The van der Waals surface area contributed by atoms with Crippen LogP contribution in [0.15, 0.2) is 53.4 Å². The minimum absolute atomic E-state index is 0.241. The number of fused-ring (bicyclic) bond motifs is 1. The maximum absolute atomic E-state index is 13.0. The van der Waals surface area contributed by atoms with E-state index in [9.17, 15) is 8.42 Å². The second kappa shape index (κ2) is 6.59. The number of sulfonamides is 1. The zero-order valence-electron chi connectivity index (χ0n) is 14.8. The summed E-state index contributed by atoms with van der Waals surface area (Å²) >= 11 is 0. The van der Waals surface area contributed by atoms with Gasteiger partial charge in [0.15, 0.2) is 0 Å². The zero-order valence-corrected chi connectivity index (χ0v) is 15.7. The Bertz CT molecular complexity index is 902. The van der Waals surface area contributed by atoms with Crippen molar-refractivity contribution >= 4 is 10.0 Å². The van der Waals surface area contributed by atoms with Crippen LogP contribution in [-0.4, -0.2) is 38.5 Å². The number of nitrogens with zero attached hydrogens (tertiary/aromatic N) is 1. The Hall–Kier alpha value is -2.05. The van der Waals surface area contributed by atoms with Crippen molar-refractivity contribution in [1.82, 2.24) is 4.31 Å². The monoisotopic (exact) mass is 373 g/mol. The van der Waals surface area contributed by atoms with E-state index in [4.69, 9.17) is 9.47 Å². The smallest absolute Gasteiger partial charge is 0.243 e. The summed E-state index contributed by atoms with van der Waals surface area (Å²) in [6.45, 7) is 0.948. The molecule has 0 atom stereocenters. The molecule has 2 aliphatic heterocycles. The summed E-state index contributed by atoms with van der Waals surface area (Å²) in [4.78, 5) is 0.280. The van der Waals surface area contributed by atoms with Crippen LogP contribution in [0.25, 0.3) is 0 Å². The van der Waals surface area contributed by atoms with Crippen LogP contribution in [0.5, 0.6) is 11.5 Å². The lowest BCUT2D eigenvalue weighted by molar-refractivity contribution is 0.00181. The number of hydrogen-bond acceptors (Lipinski definition) is 4. The van der Waals surface area contributed by atoms with Gasteiger partial charge in [0.1, 0.15) is 17.1 Å². The average molecular weight is 373 g/mol. The molecule has 0 unspecified atom stereocenters.